The third-order valence-electron chi connectivity index (χ3n) is 3.15. The molecular weight excluding hydrogens is 236 g/mol. The van der Waals surface area contributed by atoms with Crippen molar-refractivity contribution in [1.82, 2.24) is 15.1 Å². The Morgan fingerprint density at radius 1 is 1.28 bits per heavy atom. The third-order valence-corrected chi connectivity index (χ3v) is 3.15. The molecule has 0 aliphatic heterocycles. The number of hydrogen-bond donors (Lipinski definition) is 1. The minimum absolute atomic E-state index is 0.334. The molecule has 1 aromatic heterocycles. The first-order chi connectivity index (χ1) is 8.54. The number of halogens is 2. The van der Waals surface area contributed by atoms with Crippen LogP contribution >= 0.6 is 0 Å². The van der Waals surface area contributed by atoms with E-state index < -0.39 is 11.6 Å². The minimum Gasteiger partial charge on any atom is -0.309 e. The summed E-state index contributed by atoms with van der Waals surface area (Å²) >= 11 is 0. The Labute approximate surface area is 104 Å². The zero-order valence-electron chi connectivity index (χ0n) is 10.5. The van der Waals surface area contributed by atoms with E-state index in [9.17, 15) is 8.78 Å². The predicted octanol–water partition coefficient (Wildman–Crippen LogP) is 2.32. The molecule has 0 saturated heterocycles. The maximum atomic E-state index is 13.8. The third kappa shape index (κ3) is 2.13. The van der Waals surface area contributed by atoms with E-state index in [1.54, 1.807) is 17.9 Å². The van der Waals surface area contributed by atoms with E-state index in [-0.39, 0.29) is 6.04 Å². The Morgan fingerprint density at radius 3 is 2.50 bits per heavy atom. The van der Waals surface area contributed by atoms with Gasteiger partial charge in [-0.15, -0.1) is 0 Å². The van der Waals surface area contributed by atoms with Gasteiger partial charge in [0.25, 0.3) is 0 Å². The molecule has 0 spiro atoms. The van der Waals surface area contributed by atoms with Gasteiger partial charge < -0.3 is 5.32 Å². The second kappa shape index (κ2) is 4.86. The molecule has 0 radical (unpaired) electrons. The van der Waals surface area contributed by atoms with Crippen LogP contribution in [0.4, 0.5) is 8.78 Å². The first-order valence-electron chi connectivity index (χ1n) is 5.65. The Kier molecular flexibility index (Phi) is 3.43. The summed E-state index contributed by atoms with van der Waals surface area (Å²) in [5, 5.41) is 7.17. The molecule has 96 valence electrons. The van der Waals surface area contributed by atoms with Gasteiger partial charge in [-0.25, -0.2) is 8.78 Å². The van der Waals surface area contributed by atoms with Crippen molar-refractivity contribution in [3.05, 3.63) is 52.9 Å². The van der Waals surface area contributed by atoms with Gasteiger partial charge >= 0.3 is 0 Å². The SMILES string of the molecule is CNC(c1ccc(F)cc1F)c1cnn(C)c1C. The van der Waals surface area contributed by atoms with Crippen molar-refractivity contribution >= 4 is 0 Å². The first-order valence-corrected chi connectivity index (χ1v) is 5.65. The fraction of sp³-hybridized carbons (Fsp3) is 0.308. The van der Waals surface area contributed by atoms with Crippen LogP contribution in [0.15, 0.2) is 24.4 Å². The average Bonchev–Trinajstić information content (AvgIpc) is 2.65. The molecule has 2 aromatic rings. The highest BCUT2D eigenvalue weighted by molar-refractivity contribution is 5.34. The van der Waals surface area contributed by atoms with Gasteiger partial charge in [-0.05, 0) is 20.0 Å². The predicted molar refractivity (Wildman–Crippen MR) is 65.2 cm³/mol. The second-order valence-electron chi connectivity index (χ2n) is 4.20. The summed E-state index contributed by atoms with van der Waals surface area (Å²) in [6.07, 6.45) is 1.69. The molecule has 0 aliphatic rings. The molecule has 0 bridgehead atoms. The molecule has 0 amide bonds. The number of rotatable bonds is 3. The zero-order valence-corrected chi connectivity index (χ0v) is 10.5. The monoisotopic (exact) mass is 251 g/mol. The number of aryl methyl sites for hydroxylation is 1. The van der Waals surface area contributed by atoms with Gasteiger partial charge in [0.05, 0.1) is 12.2 Å². The molecule has 5 heteroatoms. The van der Waals surface area contributed by atoms with Crippen molar-refractivity contribution in [2.24, 2.45) is 7.05 Å². The van der Waals surface area contributed by atoms with Gasteiger partial charge in [-0.2, -0.15) is 5.10 Å². The van der Waals surface area contributed by atoms with Crippen molar-refractivity contribution < 1.29 is 8.78 Å². The first kappa shape index (κ1) is 12.7. The Morgan fingerprint density at radius 2 is 2.00 bits per heavy atom. The normalized spacial score (nSPS) is 12.7. The topological polar surface area (TPSA) is 29.9 Å². The van der Waals surface area contributed by atoms with Gasteiger partial charge in [-0.3, -0.25) is 4.68 Å². The zero-order chi connectivity index (χ0) is 13.3. The Bertz CT molecular complexity index is 563. The van der Waals surface area contributed by atoms with E-state index in [4.69, 9.17) is 0 Å². The van der Waals surface area contributed by atoms with Crippen LogP contribution in [0, 0.1) is 18.6 Å². The van der Waals surface area contributed by atoms with E-state index in [2.05, 4.69) is 10.4 Å². The second-order valence-corrected chi connectivity index (χ2v) is 4.20. The number of hydrogen-bond acceptors (Lipinski definition) is 2. The maximum absolute atomic E-state index is 13.8. The average molecular weight is 251 g/mol. The van der Waals surface area contributed by atoms with Gasteiger partial charge in [0.2, 0.25) is 0 Å². The van der Waals surface area contributed by atoms with Crippen molar-refractivity contribution in [3.8, 4) is 0 Å². The van der Waals surface area contributed by atoms with Crippen molar-refractivity contribution in [2.75, 3.05) is 7.05 Å². The lowest BCUT2D eigenvalue weighted by Gasteiger charge is -2.17. The molecule has 1 heterocycles. The number of aromatic nitrogens is 2. The summed E-state index contributed by atoms with van der Waals surface area (Å²) in [5.41, 5.74) is 2.23. The van der Waals surface area contributed by atoms with Gasteiger partial charge in [0.15, 0.2) is 0 Å². The van der Waals surface area contributed by atoms with Crippen molar-refractivity contribution in [2.45, 2.75) is 13.0 Å². The Hall–Kier alpha value is -1.75. The molecule has 1 N–H and O–H groups in total. The maximum Gasteiger partial charge on any atom is 0.131 e. The van der Waals surface area contributed by atoms with Crippen molar-refractivity contribution in [3.63, 3.8) is 0 Å². The highest BCUT2D eigenvalue weighted by Gasteiger charge is 2.20. The summed E-state index contributed by atoms with van der Waals surface area (Å²) < 4.78 is 28.5. The smallest absolute Gasteiger partial charge is 0.131 e. The van der Waals surface area contributed by atoms with Crippen LogP contribution in [-0.4, -0.2) is 16.8 Å². The fourth-order valence-corrected chi connectivity index (χ4v) is 2.01. The number of nitrogens with zero attached hydrogens (tertiary/aromatic N) is 2. The van der Waals surface area contributed by atoms with Crippen LogP contribution in [0.2, 0.25) is 0 Å². The van der Waals surface area contributed by atoms with E-state index in [1.165, 1.54) is 12.1 Å². The lowest BCUT2D eigenvalue weighted by Crippen LogP contribution is -2.19. The molecule has 3 nitrogen and oxygen atoms in total. The Balaban J connectivity index is 2.48. The highest BCUT2D eigenvalue weighted by Crippen LogP contribution is 2.26. The quantitative estimate of drug-likeness (QED) is 0.907. The summed E-state index contributed by atoms with van der Waals surface area (Å²) in [7, 11) is 3.56. The van der Waals surface area contributed by atoms with E-state index in [0.29, 0.717) is 5.56 Å². The highest BCUT2D eigenvalue weighted by atomic mass is 19.1. The van der Waals surface area contributed by atoms with Crippen LogP contribution in [-0.2, 0) is 7.05 Å². The van der Waals surface area contributed by atoms with E-state index >= 15 is 0 Å². The van der Waals surface area contributed by atoms with E-state index in [0.717, 1.165) is 17.3 Å². The summed E-state index contributed by atoms with van der Waals surface area (Å²) in [5.74, 6) is -1.13. The molecule has 1 aromatic carbocycles. The van der Waals surface area contributed by atoms with Crippen LogP contribution in [0.1, 0.15) is 22.9 Å². The molecule has 0 saturated carbocycles. The molecule has 1 unspecified atom stereocenters. The molecule has 0 aliphatic carbocycles. The largest absolute Gasteiger partial charge is 0.309 e. The summed E-state index contributed by atoms with van der Waals surface area (Å²) in [4.78, 5) is 0. The number of nitrogens with one attached hydrogen (secondary N) is 1. The summed E-state index contributed by atoms with van der Waals surface area (Å²) in [6.45, 7) is 1.91. The standard InChI is InChI=1S/C13H15F2N3/c1-8-11(7-17-18(8)3)13(16-2)10-5-4-9(14)6-12(10)15/h4-7,13,16H,1-3H3. The van der Waals surface area contributed by atoms with E-state index in [1.807, 2.05) is 14.0 Å². The molecule has 0 fully saturated rings. The molecular formula is C13H15F2N3. The fourth-order valence-electron chi connectivity index (χ4n) is 2.01. The van der Waals surface area contributed by atoms with Crippen LogP contribution < -0.4 is 5.32 Å². The van der Waals surface area contributed by atoms with Crippen LogP contribution in [0.5, 0.6) is 0 Å². The number of benzene rings is 1. The molecule has 2 rings (SSSR count). The van der Waals surface area contributed by atoms with Crippen molar-refractivity contribution in [1.29, 1.82) is 0 Å². The lowest BCUT2D eigenvalue weighted by molar-refractivity contribution is 0.551. The van der Waals surface area contributed by atoms with Gasteiger partial charge in [0.1, 0.15) is 11.6 Å². The van der Waals surface area contributed by atoms with Crippen LogP contribution in [0.25, 0.3) is 0 Å². The summed E-state index contributed by atoms with van der Waals surface area (Å²) in [6, 6.07) is 3.28. The lowest BCUT2D eigenvalue weighted by atomic mass is 9.99. The van der Waals surface area contributed by atoms with Gasteiger partial charge in [-0.1, -0.05) is 6.07 Å². The van der Waals surface area contributed by atoms with Gasteiger partial charge in [0, 0.05) is 29.9 Å². The molecule has 1 atom stereocenters. The molecule has 18 heavy (non-hydrogen) atoms. The van der Waals surface area contributed by atoms with Crippen LogP contribution in [0.3, 0.4) is 0 Å². The minimum atomic E-state index is -0.575.